The molecule has 1 aliphatic rings. The molecule has 1 fully saturated rings. The molecule has 266 valence electrons. The van der Waals surface area contributed by atoms with E-state index in [2.05, 4.69) is 32.1 Å². The lowest BCUT2D eigenvalue weighted by Crippen LogP contribution is -2.35. The molecule has 0 radical (unpaired) electrons. The predicted octanol–water partition coefficient (Wildman–Crippen LogP) is 2.33. The number of phenolic OH excluding ortho intramolecular Hbond substituents is 2. The second-order valence-corrected chi connectivity index (χ2v) is 12.8. The van der Waals surface area contributed by atoms with Crippen LogP contribution in [0.15, 0.2) is 54.6 Å². The molecule has 13 heteroatoms. The number of nitrogens with zero attached hydrogens (tertiary/aromatic N) is 4. The Morgan fingerprint density at radius 3 is 1.86 bits per heavy atom. The fourth-order valence-corrected chi connectivity index (χ4v) is 6.18. The highest BCUT2D eigenvalue weighted by Gasteiger charge is 2.30. The number of phenols is 2. The highest BCUT2D eigenvalue weighted by Crippen LogP contribution is 2.34. The summed E-state index contributed by atoms with van der Waals surface area (Å²) in [6.07, 6.45) is -1.65. The molecule has 3 aromatic carbocycles. The molecule has 0 aliphatic carbocycles. The van der Waals surface area contributed by atoms with Crippen molar-refractivity contribution in [3.05, 3.63) is 87.3 Å². The first-order valence-corrected chi connectivity index (χ1v) is 16.7. The Morgan fingerprint density at radius 1 is 0.755 bits per heavy atom. The second kappa shape index (κ2) is 18.2. The van der Waals surface area contributed by atoms with E-state index in [1.54, 1.807) is 6.07 Å². The lowest BCUT2D eigenvalue weighted by molar-refractivity contribution is -0.559. The van der Waals surface area contributed by atoms with Crippen molar-refractivity contribution in [2.75, 3.05) is 57.8 Å². The first kappa shape index (κ1) is 37.9. The molecule has 0 saturated carbocycles. The van der Waals surface area contributed by atoms with E-state index in [1.165, 1.54) is 11.6 Å². The zero-order chi connectivity index (χ0) is 35.5. The number of anilines is 1. The Bertz CT molecular complexity index is 1560. The quantitative estimate of drug-likeness (QED) is 0.0848. The van der Waals surface area contributed by atoms with Gasteiger partial charge in [-0.15, -0.1) is 0 Å². The van der Waals surface area contributed by atoms with Gasteiger partial charge < -0.3 is 36.0 Å². The normalized spacial score (nSPS) is 16.9. The van der Waals surface area contributed by atoms with Crippen LogP contribution in [-0.4, -0.2) is 121 Å². The topological polar surface area (TPSA) is 180 Å². The second-order valence-electron chi connectivity index (χ2n) is 12.8. The maximum absolute atomic E-state index is 12.6. The zero-order valence-electron chi connectivity index (χ0n) is 28.3. The van der Waals surface area contributed by atoms with Crippen molar-refractivity contribution < 1.29 is 40.2 Å². The number of amides is 1. The van der Waals surface area contributed by atoms with Crippen LogP contribution in [0, 0.1) is 18.8 Å². The van der Waals surface area contributed by atoms with Gasteiger partial charge in [0.15, 0.2) is 11.9 Å². The number of rotatable bonds is 12. The third kappa shape index (κ3) is 10.8. The molecule has 13 nitrogen and oxygen atoms in total. The van der Waals surface area contributed by atoms with Crippen molar-refractivity contribution in [2.45, 2.75) is 58.7 Å². The molecule has 0 aromatic heterocycles. The molecular formula is C36H50N5O8+. The Balaban J connectivity index is 1.56. The van der Waals surface area contributed by atoms with Crippen molar-refractivity contribution in [1.29, 1.82) is 0 Å². The highest BCUT2D eigenvalue weighted by molar-refractivity contribution is 5.95. The van der Waals surface area contributed by atoms with Crippen LogP contribution in [-0.2, 0) is 24.4 Å². The summed E-state index contributed by atoms with van der Waals surface area (Å²) < 4.78 is 0.227. The number of aromatic hydroxyl groups is 2. The summed E-state index contributed by atoms with van der Waals surface area (Å²) in [5.74, 6) is -1.12. The van der Waals surface area contributed by atoms with Gasteiger partial charge in [-0.1, -0.05) is 42.5 Å². The molecule has 49 heavy (non-hydrogen) atoms. The minimum atomic E-state index is -1.69. The number of aliphatic hydroxyl groups excluding tert-OH is 4. The fourth-order valence-electron chi connectivity index (χ4n) is 6.18. The van der Waals surface area contributed by atoms with Gasteiger partial charge in [0.25, 0.3) is 5.91 Å². The minimum Gasteiger partial charge on any atom is -0.505 e. The van der Waals surface area contributed by atoms with Crippen LogP contribution in [0.5, 0.6) is 11.5 Å². The minimum absolute atomic E-state index is 0.0878. The standard InChI is InChI=1S/C36H49N5O8/c1-25-16-28(34(46)30(18-25)37-36(48)32(44)23-42)21-38-10-6-12-39(20-27-8-4-3-5-9-27)14-15-40(13-7-11-38)22-29-17-26(2)19-31(35(29)47)41(49)33(45)24-43/h3-5,8-9,16-19,32-33,42-45H,6-7,10-15,20-24H2,1-2H3,(H2-,37,46,47,48,49)/p+1. The number of nitrogens with one attached hydrogen (secondary N) is 1. The van der Waals surface area contributed by atoms with E-state index in [0.29, 0.717) is 43.9 Å². The van der Waals surface area contributed by atoms with Crippen LogP contribution in [0.3, 0.4) is 0 Å². The summed E-state index contributed by atoms with van der Waals surface area (Å²) in [6, 6.07) is 17.1. The SMILES string of the molecule is Cc1cc(CN2CCCN(Cc3ccccc3)CCN(Cc3cc(C)cc([N+](=O)C(O)CO)c3O)CCC2)c(O)c(NC(=O)C(O)CO)c1. The van der Waals surface area contributed by atoms with Crippen LogP contribution in [0.2, 0.25) is 0 Å². The van der Waals surface area contributed by atoms with Crippen LogP contribution in [0.25, 0.3) is 0 Å². The molecular weight excluding hydrogens is 630 g/mol. The number of hydrogen-bond acceptors (Lipinski definition) is 11. The van der Waals surface area contributed by atoms with Gasteiger partial charge >= 0.3 is 11.9 Å². The number of hydrogen-bond donors (Lipinski definition) is 7. The van der Waals surface area contributed by atoms with Gasteiger partial charge in [0, 0.05) is 54.8 Å². The molecule has 2 unspecified atom stereocenters. The summed E-state index contributed by atoms with van der Waals surface area (Å²) in [5, 5.41) is 62.8. The lowest BCUT2D eigenvalue weighted by Gasteiger charge is -2.27. The smallest absolute Gasteiger partial charge is 0.332 e. The fraction of sp³-hybridized carbons (Fsp3) is 0.472. The van der Waals surface area contributed by atoms with Gasteiger partial charge in [-0.2, -0.15) is 0 Å². The Kier molecular flexibility index (Phi) is 14.0. The molecule has 7 N–H and O–H groups in total. The van der Waals surface area contributed by atoms with E-state index in [-0.39, 0.29) is 27.6 Å². The predicted molar refractivity (Wildman–Crippen MR) is 185 cm³/mol. The van der Waals surface area contributed by atoms with Gasteiger partial charge in [0.05, 0.1) is 17.1 Å². The van der Waals surface area contributed by atoms with Gasteiger partial charge in [-0.3, -0.25) is 19.5 Å². The molecule has 2 atom stereocenters. The van der Waals surface area contributed by atoms with Crippen molar-refractivity contribution in [3.8, 4) is 11.5 Å². The van der Waals surface area contributed by atoms with Crippen molar-refractivity contribution in [1.82, 2.24) is 14.7 Å². The van der Waals surface area contributed by atoms with Crippen LogP contribution in [0.4, 0.5) is 11.4 Å². The van der Waals surface area contributed by atoms with Crippen molar-refractivity contribution >= 4 is 17.3 Å². The molecule has 1 amide bonds. The third-order valence-electron chi connectivity index (χ3n) is 8.72. The molecule has 1 saturated heterocycles. The molecule has 4 rings (SSSR count). The number of aryl methyl sites for hydroxylation is 2. The van der Waals surface area contributed by atoms with Crippen molar-refractivity contribution in [3.63, 3.8) is 0 Å². The molecule has 1 heterocycles. The molecule has 3 aromatic rings. The number of carbonyl (C=O) groups is 1. The van der Waals surface area contributed by atoms with Gasteiger partial charge in [0.1, 0.15) is 12.4 Å². The summed E-state index contributed by atoms with van der Waals surface area (Å²) >= 11 is 0. The van der Waals surface area contributed by atoms with E-state index < -0.39 is 31.5 Å². The number of benzene rings is 3. The van der Waals surface area contributed by atoms with Gasteiger partial charge in [-0.25, -0.2) is 0 Å². The molecule has 0 bridgehead atoms. The first-order valence-electron chi connectivity index (χ1n) is 16.7. The first-order chi connectivity index (χ1) is 23.5. The van der Waals surface area contributed by atoms with Crippen LogP contribution < -0.4 is 5.32 Å². The number of carbonyl (C=O) groups excluding carboxylic acids is 1. The van der Waals surface area contributed by atoms with E-state index in [4.69, 9.17) is 5.11 Å². The van der Waals surface area contributed by atoms with Gasteiger partial charge in [-0.05, 0) is 75.6 Å². The van der Waals surface area contributed by atoms with E-state index in [0.717, 1.165) is 50.1 Å². The van der Waals surface area contributed by atoms with E-state index in [9.17, 15) is 35.2 Å². The Labute approximate surface area is 287 Å². The summed E-state index contributed by atoms with van der Waals surface area (Å²) in [5.41, 5.74) is 4.02. The summed E-state index contributed by atoms with van der Waals surface area (Å²) in [7, 11) is 0. The third-order valence-corrected chi connectivity index (χ3v) is 8.72. The summed E-state index contributed by atoms with van der Waals surface area (Å²) in [6.45, 7) is 8.16. The number of aliphatic hydroxyl groups is 4. The zero-order valence-corrected chi connectivity index (χ0v) is 28.3. The van der Waals surface area contributed by atoms with Gasteiger partial charge in [0.2, 0.25) is 0 Å². The maximum atomic E-state index is 12.6. The molecule has 0 spiro atoms. The average Bonchev–Trinajstić information content (AvgIpc) is 3.12. The number of nitroso groups, excluding NO2 is 1. The van der Waals surface area contributed by atoms with E-state index >= 15 is 0 Å². The Morgan fingerprint density at radius 2 is 1.29 bits per heavy atom. The van der Waals surface area contributed by atoms with E-state index in [1.807, 2.05) is 44.2 Å². The largest absolute Gasteiger partial charge is 0.505 e. The van der Waals surface area contributed by atoms with Crippen LogP contribution in [0.1, 0.15) is 40.7 Å². The highest BCUT2D eigenvalue weighted by atomic mass is 16.4. The summed E-state index contributed by atoms with van der Waals surface area (Å²) in [4.78, 5) is 31.8. The lowest BCUT2D eigenvalue weighted by atomic mass is 10.1. The Hall–Kier alpha value is -3.95. The maximum Gasteiger partial charge on any atom is 0.332 e. The van der Waals surface area contributed by atoms with Crippen LogP contribution >= 0.6 is 0 Å². The monoisotopic (exact) mass is 680 g/mol. The average molecular weight is 681 g/mol. The molecule has 1 aliphatic heterocycles. The van der Waals surface area contributed by atoms with Crippen molar-refractivity contribution in [2.24, 2.45) is 0 Å².